The highest BCUT2D eigenvalue weighted by molar-refractivity contribution is 5.94. The number of oxazole rings is 1. The van der Waals surface area contributed by atoms with E-state index in [9.17, 15) is 29.7 Å². The van der Waals surface area contributed by atoms with Gasteiger partial charge in [-0.05, 0) is 97.3 Å². The Hall–Kier alpha value is -5.69. The number of rotatable bonds is 12. The molecule has 54 heavy (non-hydrogen) atoms. The normalized spacial score (nSPS) is 18.6. The topological polar surface area (TPSA) is 164 Å². The van der Waals surface area contributed by atoms with Crippen LogP contribution in [0.2, 0.25) is 0 Å². The highest BCUT2D eigenvalue weighted by Gasteiger charge is 2.41. The van der Waals surface area contributed by atoms with E-state index in [2.05, 4.69) is 21.3 Å². The van der Waals surface area contributed by atoms with Crippen molar-refractivity contribution in [3.63, 3.8) is 0 Å². The summed E-state index contributed by atoms with van der Waals surface area (Å²) in [6, 6.07) is 27.5. The van der Waals surface area contributed by atoms with Gasteiger partial charge in [-0.2, -0.15) is 0 Å². The van der Waals surface area contributed by atoms with Crippen molar-refractivity contribution in [2.75, 3.05) is 31.1 Å². The molecule has 9 rings (SSSR count). The molecule has 0 spiro atoms. The quantitative estimate of drug-likeness (QED) is 0.104. The van der Waals surface area contributed by atoms with Crippen molar-refractivity contribution in [2.24, 2.45) is 5.92 Å². The summed E-state index contributed by atoms with van der Waals surface area (Å²) in [5.41, 5.74) is 6.11. The minimum absolute atomic E-state index is 0.0683. The second-order valence-electron chi connectivity index (χ2n) is 14.4. The van der Waals surface area contributed by atoms with Gasteiger partial charge in [0.15, 0.2) is 5.58 Å². The van der Waals surface area contributed by atoms with Crippen molar-refractivity contribution < 1.29 is 24.5 Å². The number of amides is 1. The molecule has 2 atom stereocenters. The maximum atomic E-state index is 13.0. The Kier molecular flexibility index (Phi) is 9.80. The molecule has 3 fully saturated rings. The van der Waals surface area contributed by atoms with Crippen LogP contribution in [0.3, 0.4) is 0 Å². The Morgan fingerprint density at radius 2 is 1.76 bits per heavy atom. The Bertz CT molecular complexity index is 2430. The molecule has 6 aromatic rings. The van der Waals surface area contributed by atoms with E-state index >= 15 is 0 Å². The first-order valence-corrected chi connectivity index (χ1v) is 18.5. The molecule has 2 bridgehead atoms. The number of phenolic OH excluding ortho intramolecular Hbond substituents is 1. The molecule has 278 valence electrons. The van der Waals surface area contributed by atoms with Crippen molar-refractivity contribution in [1.29, 1.82) is 0 Å². The van der Waals surface area contributed by atoms with Gasteiger partial charge in [0.1, 0.15) is 5.75 Å². The van der Waals surface area contributed by atoms with Gasteiger partial charge in [-0.25, -0.2) is 9.59 Å². The molecular formula is C42H43N5O7. The summed E-state index contributed by atoms with van der Waals surface area (Å²) in [5, 5.41) is 35.6. The second-order valence-corrected chi connectivity index (χ2v) is 14.4. The van der Waals surface area contributed by atoms with Crippen LogP contribution in [-0.2, 0) is 19.5 Å². The van der Waals surface area contributed by atoms with Gasteiger partial charge in [0, 0.05) is 43.2 Å². The summed E-state index contributed by atoms with van der Waals surface area (Å²) in [5.74, 6) is -0.180. The van der Waals surface area contributed by atoms with Crippen LogP contribution in [0.5, 0.6) is 5.75 Å². The predicted molar refractivity (Wildman–Crippen MR) is 207 cm³/mol. The number of fused-ring (bicyclic) bond motifs is 5. The molecule has 0 unspecified atom stereocenters. The van der Waals surface area contributed by atoms with Gasteiger partial charge < -0.3 is 34.9 Å². The van der Waals surface area contributed by atoms with E-state index in [0.717, 1.165) is 54.7 Å². The molecule has 3 aliphatic heterocycles. The van der Waals surface area contributed by atoms with Gasteiger partial charge in [0.25, 0.3) is 0 Å². The lowest BCUT2D eigenvalue weighted by molar-refractivity contribution is 0.0837. The summed E-state index contributed by atoms with van der Waals surface area (Å²) < 4.78 is 7.21. The summed E-state index contributed by atoms with van der Waals surface area (Å²) in [4.78, 5) is 44.4. The predicted octanol–water partition coefficient (Wildman–Crippen LogP) is 5.84. The van der Waals surface area contributed by atoms with Crippen LogP contribution >= 0.6 is 0 Å². The van der Waals surface area contributed by atoms with Crippen LogP contribution in [0.1, 0.15) is 42.1 Å². The van der Waals surface area contributed by atoms with E-state index in [0.29, 0.717) is 59.6 Å². The number of H-pyrrole nitrogens is 1. The molecule has 1 amide bonds. The number of phenols is 1. The fourth-order valence-electron chi connectivity index (χ4n) is 8.33. The van der Waals surface area contributed by atoms with E-state index < -0.39 is 18.0 Å². The van der Waals surface area contributed by atoms with Crippen LogP contribution in [-0.4, -0.2) is 68.1 Å². The molecule has 3 saturated heterocycles. The minimum atomic E-state index is -0.939. The number of aromatic hydroxyl groups is 1. The number of pyridine rings is 1. The van der Waals surface area contributed by atoms with Crippen LogP contribution in [0.4, 0.5) is 10.5 Å². The van der Waals surface area contributed by atoms with Crippen molar-refractivity contribution in [3.8, 4) is 16.9 Å². The van der Waals surface area contributed by atoms with E-state index in [1.807, 2.05) is 54.6 Å². The number of nitrogens with one attached hydrogen (secondary N) is 2. The molecule has 0 aliphatic carbocycles. The van der Waals surface area contributed by atoms with Gasteiger partial charge >= 0.3 is 11.8 Å². The average Bonchev–Trinajstić information content (AvgIpc) is 3.49. The summed E-state index contributed by atoms with van der Waals surface area (Å²) >= 11 is 0. The third-order valence-electron chi connectivity index (χ3n) is 11.1. The van der Waals surface area contributed by atoms with E-state index in [4.69, 9.17) is 4.42 Å². The number of carboxylic acid groups (broad SMARTS) is 1. The number of carbonyl (C=O) groups is 1. The smallest absolute Gasteiger partial charge is 0.419 e. The fraction of sp³-hybridized carbons (Fsp3) is 0.310. The molecule has 0 saturated carbocycles. The lowest BCUT2D eigenvalue weighted by Crippen LogP contribution is -2.59. The van der Waals surface area contributed by atoms with Crippen molar-refractivity contribution >= 4 is 33.8 Å². The standard InChI is InChI=1S/C42H43N5O7/c48-36-13-11-31(32-12-15-39(50)44-40(32)36)37(49)24-43-23-27-9-14-38-34(22-27)46(42(53)54-38)18-4-5-26-8-10-30(28-6-2-1-3-7-28)33(21-26)47(41(51)52)35-25-45-19-16-29(35)17-20-45/h1-3,6-15,21-22,29,35,37,43,48-49H,4-5,16-20,23-25H2,(H,44,50)(H,51,52)/t35-,37-/m0/s1. The fourth-order valence-corrected chi connectivity index (χ4v) is 8.33. The number of aromatic amines is 1. The molecule has 4 aromatic carbocycles. The zero-order valence-electron chi connectivity index (χ0n) is 29.8. The largest absolute Gasteiger partial charge is 0.506 e. The number of aryl methyl sites for hydroxylation is 2. The zero-order chi connectivity index (χ0) is 37.3. The van der Waals surface area contributed by atoms with Gasteiger partial charge in [0.2, 0.25) is 5.56 Å². The van der Waals surface area contributed by atoms with Crippen molar-refractivity contribution in [1.82, 2.24) is 19.8 Å². The van der Waals surface area contributed by atoms with Gasteiger partial charge in [-0.3, -0.25) is 14.3 Å². The molecule has 5 N–H and O–H groups in total. The van der Waals surface area contributed by atoms with Crippen molar-refractivity contribution in [3.05, 3.63) is 129 Å². The number of anilines is 1. The lowest BCUT2D eigenvalue weighted by Gasteiger charge is -2.48. The zero-order valence-corrected chi connectivity index (χ0v) is 29.8. The summed E-state index contributed by atoms with van der Waals surface area (Å²) in [6.07, 6.45) is 1.42. The summed E-state index contributed by atoms with van der Waals surface area (Å²) in [6.45, 7) is 3.81. The number of aromatic nitrogens is 2. The number of aliphatic hydroxyl groups excluding tert-OH is 1. The van der Waals surface area contributed by atoms with Crippen LogP contribution in [0.25, 0.3) is 33.1 Å². The maximum Gasteiger partial charge on any atom is 0.419 e. The van der Waals surface area contributed by atoms with Crippen LogP contribution < -0.4 is 21.5 Å². The Morgan fingerprint density at radius 1 is 0.963 bits per heavy atom. The Morgan fingerprint density at radius 3 is 2.52 bits per heavy atom. The number of nitrogens with zero attached hydrogens (tertiary/aromatic N) is 3. The third-order valence-corrected chi connectivity index (χ3v) is 11.1. The minimum Gasteiger partial charge on any atom is -0.506 e. The second kappa shape index (κ2) is 15.0. The first-order valence-electron chi connectivity index (χ1n) is 18.5. The molecule has 0 radical (unpaired) electrons. The summed E-state index contributed by atoms with van der Waals surface area (Å²) in [7, 11) is 0. The molecular weight excluding hydrogens is 686 g/mol. The third kappa shape index (κ3) is 7.03. The van der Waals surface area contributed by atoms with Crippen LogP contribution in [0.15, 0.2) is 105 Å². The Labute approximate surface area is 310 Å². The first kappa shape index (κ1) is 35.3. The lowest BCUT2D eigenvalue weighted by atomic mass is 9.82. The van der Waals surface area contributed by atoms with Gasteiger partial charge in [0.05, 0.1) is 28.9 Å². The average molecular weight is 730 g/mol. The van der Waals surface area contributed by atoms with E-state index in [1.54, 1.807) is 27.7 Å². The monoisotopic (exact) mass is 729 g/mol. The number of aliphatic hydroxyl groups is 1. The highest BCUT2D eigenvalue weighted by atomic mass is 16.4. The SMILES string of the molecule is O=C(O)N(c1cc(CCCn2c(=O)oc3ccc(CNC[C@H](O)c4ccc(O)c5[nH]c(=O)ccc45)cc32)ccc1-c1ccccc1)[C@H]1CN2CCC1CC2. The number of benzene rings is 4. The molecule has 12 heteroatoms. The molecule has 3 aliphatic rings. The maximum absolute atomic E-state index is 13.0. The first-order chi connectivity index (χ1) is 26.2. The van der Waals surface area contributed by atoms with Crippen molar-refractivity contribution in [2.45, 2.75) is 50.9 Å². The number of piperidine rings is 3. The molecule has 12 nitrogen and oxygen atoms in total. The molecule has 2 aromatic heterocycles. The Balaban J connectivity index is 0.973. The van der Waals surface area contributed by atoms with Crippen LogP contribution in [0, 0.1) is 5.92 Å². The van der Waals surface area contributed by atoms with Gasteiger partial charge in [-0.15, -0.1) is 0 Å². The number of hydrogen-bond donors (Lipinski definition) is 5. The highest BCUT2D eigenvalue weighted by Crippen LogP contribution is 2.39. The van der Waals surface area contributed by atoms with Gasteiger partial charge in [-0.1, -0.05) is 54.6 Å². The van der Waals surface area contributed by atoms with E-state index in [-0.39, 0.29) is 29.4 Å². The molecule has 5 heterocycles. The van der Waals surface area contributed by atoms with E-state index in [1.165, 1.54) is 12.1 Å². The number of hydrogen-bond acceptors (Lipinski definition) is 8.